The number of hydrogen-bond acceptors (Lipinski definition) is 2. The molecule has 31 heavy (non-hydrogen) atoms. The molecular weight excluding hydrogens is 387 g/mol. The van der Waals surface area contributed by atoms with Gasteiger partial charge in [0, 0.05) is 25.7 Å². The number of fused-ring (bicyclic) bond motifs is 1. The Hall–Kier alpha value is -3.50. The fourth-order valence-corrected chi connectivity index (χ4v) is 3.85. The quantitative estimate of drug-likeness (QED) is 0.445. The summed E-state index contributed by atoms with van der Waals surface area (Å²) in [6.07, 6.45) is 0. The van der Waals surface area contributed by atoms with Gasteiger partial charge in [-0.3, -0.25) is 4.79 Å². The number of amides is 1. The molecule has 4 aromatic carbocycles. The molecule has 1 N–H and O–H groups in total. The molecule has 0 unspecified atom stereocenters. The fraction of sp³-hybridized carbons (Fsp3) is 0.148. The Labute approximate surface area is 182 Å². The second-order valence-corrected chi connectivity index (χ2v) is 7.75. The first-order valence-electron chi connectivity index (χ1n) is 10.3. The minimum atomic E-state index is -0.260. The predicted molar refractivity (Wildman–Crippen MR) is 124 cm³/mol. The number of benzene rings is 4. The third-order valence-electron chi connectivity index (χ3n) is 5.48. The van der Waals surface area contributed by atoms with E-state index in [4.69, 9.17) is 0 Å². The molecule has 0 bridgehead atoms. The monoisotopic (exact) mass is 412 g/mol. The number of nitrogens with one attached hydrogen (secondary N) is 1. The molecule has 0 spiro atoms. The molecule has 0 radical (unpaired) electrons. The summed E-state index contributed by atoms with van der Waals surface area (Å²) < 4.78 is 13.1. The van der Waals surface area contributed by atoms with E-state index in [1.165, 1.54) is 23.1 Å². The smallest absolute Gasteiger partial charge is 0.253 e. The van der Waals surface area contributed by atoms with Crippen molar-refractivity contribution in [2.45, 2.75) is 13.1 Å². The van der Waals surface area contributed by atoms with Crippen LogP contribution in [0.4, 0.5) is 4.39 Å². The van der Waals surface area contributed by atoms with E-state index >= 15 is 0 Å². The summed E-state index contributed by atoms with van der Waals surface area (Å²) in [4.78, 5) is 14.7. The Morgan fingerprint density at radius 1 is 0.903 bits per heavy atom. The third-order valence-corrected chi connectivity index (χ3v) is 5.48. The van der Waals surface area contributed by atoms with E-state index in [0.717, 1.165) is 28.6 Å². The van der Waals surface area contributed by atoms with Crippen molar-refractivity contribution >= 4 is 16.7 Å². The SMILES string of the molecule is CNCc1ccc2c(CN(C)C(=O)c3ccc(-c4ccc(F)cc4)cc3)cccc2c1. The number of carbonyl (C=O) groups excluding carboxylic acids is 1. The van der Waals surface area contributed by atoms with Gasteiger partial charge in [-0.05, 0) is 70.4 Å². The highest BCUT2D eigenvalue weighted by Crippen LogP contribution is 2.23. The maximum absolute atomic E-state index is 13.1. The summed E-state index contributed by atoms with van der Waals surface area (Å²) in [5.74, 6) is -0.293. The molecule has 0 aliphatic rings. The minimum Gasteiger partial charge on any atom is -0.337 e. The molecular formula is C27H25FN2O. The molecule has 0 heterocycles. The van der Waals surface area contributed by atoms with Crippen molar-refractivity contribution in [3.8, 4) is 11.1 Å². The lowest BCUT2D eigenvalue weighted by Crippen LogP contribution is -2.26. The van der Waals surface area contributed by atoms with E-state index in [9.17, 15) is 9.18 Å². The van der Waals surface area contributed by atoms with Gasteiger partial charge in [0.15, 0.2) is 0 Å². The number of hydrogen-bond donors (Lipinski definition) is 1. The highest BCUT2D eigenvalue weighted by molar-refractivity contribution is 5.95. The van der Waals surface area contributed by atoms with Crippen LogP contribution in [0, 0.1) is 5.82 Å². The molecule has 0 atom stereocenters. The summed E-state index contributed by atoms with van der Waals surface area (Å²) in [5.41, 5.74) is 4.85. The zero-order chi connectivity index (χ0) is 21.8. The first-order chi connectivity index (χ1) is 15.0. The number of halogens is 1. The fourth-order valence-electron chi connectivity index (χ4n) is 3.85. The van der Waals surface area contributed by atoms with Crippen molar-refractivity contribution in [3.63, 3.8) is 0 Å². The zero-order valence-electron chi connectivity index (χ0n) is 17.7. The minimum absolute atomic E-state index is 0.0329. The molecule has 0 fully saturated rings. The largest absolute Gasteiger partial charge is 0.337 e. The third kappa shape index (κ3) is 4.65. The van der Waals surface area contributed by atoms with Crippen LogP contribution in [0.25, 0.3) is 21.9 Å². The average molecular weight is 413 g/mol. The van der Waals surface area contributed by atoms with Crippen molar-refractivity contribution in [1.29, 1.82) is 0 Å². The molecule has 0 aliphatic heterocycles. The van der Waals surface area contributed by atoms with Gasteiger partial charge in [-0.15, -0.1) is 0 Å². The van der Waals surface area contributed by atoms with Crippen LogP contribution in [-0.4, -0.2) is 24.9 Å². The van der Waals surface area contributed by atoms with E-state index in [1.54, 1.807) is 17.0 Å². The number of nitrogens with zero attached hydrogens (tertiary/aromatic N) is 1. The average Bonchev–Trinajstić information content (AvgIpc) is 2.79. The Balaban J connectivity index is 1.51. The summed E-state index contributed by atoms with van der Waals surface area (Å²) in [6.45, 7) is 1.35. The lowest BCUT2D eigenvalue weighted by molar-refractivity contribution is 0.0785. The van der Waals surface area contributed by atoms with Crippen molar-refractivity contribution in [2.75, 3.05) is 14.1 Å². The van der Waals surface area contributed by atoms with Crippen LogP contribution in [0.3, 0.4) is 0 Å². The topological polar surface area (TPSA) is 32.3 Å². The van der Waals surface area contributed by atoms with Gasteiger partial charge in [-0.25, -0.2) is 4.39 Å². The Morgan fingerprint density at radius 2 is 1.58 bits per heavy atom. The van der Waals surface area contributed by atoms with Crippen LogP contribution < -0.4 is 5.32 Å². The van der Waals surface area contributed by atoms with E-state index in [1.807, 2.05) is 44.4 Å². The normalized spacial score (nSPS) is 10.9. The van der Waals surface area contributed by atoms with Gasteiger partial charge in [-0.1, -0.05) is 54.6 Å². The maximum atomic E-state index is 13.1. The Bertz CT molecular complexity index is 1200. The van der Waals surface area contributed by atoms with Gasteiger partial charge in [0.05, 0.1) is 0 Å². The summed E-state index contributed by atoms with van der Waals surface area (Å²) in [7, 11) is 3.76. The molecule has 0 aromatic heterocycles. The summed E-state index contributed by atoms with van der Waals surface area (Å²) >= 11 is 0. The molecule has 4 heteroatoms. The van der Waals surface area contributed by atoms with Crippen LogP contribution >= 0.6 is 0 Å². The van der Waals surface area contributed by atoms with E-state index < -0.39 is 0 Å². The van der Waals surface area contributed by atoms with Crippen molar-refractivity contribution in [2.24, 2.45) is 0 Å². The second-order valence-electron chi connectivity index (χ2n) is 7.75. The van der Waals surface area contributed by atoms with Crippen LogP contribution in [0.2, 0.25) is 0 Å². The molecule has 0 saturated heterocycles. The standard InChI is InChI=1S/C27H25FN2O/c1-29-17-19-6-15-26-23(16-19)4-3-5-24(26)18-30(2)27(31)22-9-7-20(8-10-22)21-11-13-25(28)14-12-21/h3-16,29H,17-18H2,1-2H3. The van der Waals surface area contributed by atoms with E-state index in [2.05, 4.69) is 35.6 Å². The van der Waals surface area contributed by atoms with E-state index in [0.29, 0.717) is 12.1 Å². The molecule has 4 aromatic rings. The first kappa shape index (κ1) is 20.8. The van der Waals surface area contributed by atoms with Crippen molar-refractivity contribution in [3.05, 3.63) is 107 Å². The molecule has 1 amide bonds. The van der Waals surface area contributed by atoms with Crippen molar-refractivity contribution in [1.82, 2.24) is 10.2 Å². The Kier molecular flexibility index (Phi) is 6.10. The van der Waals surface area contributed by atoms with Crippen LogP contribution in [-0.2, 0) is 13.1 Å². The first-order valence-corrected chi connectivity index (χ1v) is 10.3. The van der Waals surface area contributed by atoms with Gasteiger partial charge in [-0.2, -0.15) is 0 Å². The zero-order valence-corrected chi connectivity index (χ0v) is 17.7. The van der Waals surface area contributed by atoms with E-state index in [-0.39, 0.29) is 11.7 Å². The molecule has 156 valence electrons. The molecule has 4 rings (SSSR count). The van der Waals surface area contributed by atoms with Crippen molar-refractivity contribution < 1.29 is 9.18 Å². The van der Waals surface area contributed by atoms with Crippen LogP contribution in [0.5, 0.6) is 0 Å². The second kappa shape index (κ2) is 9.11. The molecule has 0 saturated carbocycles. The highest BCUT2D eigenvalue weighted by Gasteiger charge is 2.14. The van der Waals surface area contributed by atoms with Gasteiger partial charge >= 0.3 is 0 Å². The van der Waals surface area contributed by atoms with Crippen LogP contribution in [0.15, 0.2) is 84.9 Å². The molecule has 3 nitrogen and oxygen atoms in total. The molecule has 0 aliphatic carbocycles. The summed E-state index contributed by atoms with van der Waals surface area (Å²) in [6, 6.07) is 26.5. The van der Waals surface area contributed by atoms with Gasteiger partial charge in [0.25, 0.3) is 5.91 Å². The van der Waals surface area contributed by atoms with Gasteiger partial charge in [0.2, 0.25) is 0 Å². The number of carbonyl (C=O) groups is 1. The van der Waals surface area contributed by atoms with Gasteiger partial charge in [0.1, 0.15) is 5.82 Å². The van der Waals surface area contributed by atoms with Gasteiger partial charge < -0.3 is 10.2 Å². The maximum Gasteiger partial charge on any atom is 0.253 e. The highest BCUT2D eigenvalue weighted by atomic mass is 19.1. The Morgan fingerprint density at radius 3 is 2.26 bits per heavy atom. The lowest BCUT2D eigenvalue weighted by Gasteiger charge is -2.19. The number of rotatable bonds is 6. The van der Waals surface area contributed by atoms with Crippen LogP contribution in [0.1, 0.15) is 21.5 Å². The lowest BCUT2D eigenvalue weighted by atomic mass is 10.0. The predicted octanol–water partition coefficient (Wildman–Crippen LogP) is 5.64. The summed E-state index contributed by atoms with van der Waals surface area (Å²) in [5, 5.41) is 5.51.